The van der Waals surface area contributed by atoms with Gasteiger partial charge in [-0.2, -0.15) is 0 Å². The quantitative estimate of drug-likeness (QED) is 0.571. The Bertz CT molecular complexity index is 1050. The van der Waals surface area contributed by atoms with Crippen LogP contribution in [0.1, 0.15) is 65.2 Å². The van der Waals surface area contributed by atoms with Crippen molar-refractivity contribution in [2.45, 2.75) is 40.5 Å². The van der Waals surface area contributed by atoms with Crippen LogP contribution < -0.4 is 0 Å². The molecule has 3 aromatic carbocycles. The molecule has 0 bridgehead atoms. The predicted octanol–water partition coefficient (Wildman–Crippen LogP) is 5.50. The van der Waals surface area contributed by atoms with Crippen LogP contribution in [-0.4, -0.2) is 22.2 Å². The van der Waals surface area contributed by atoms with Crippen molar-refractivity contribution in [2.75, 3.05) is 0 Å². The summed E-state index contributed by atoms with van der Waals surface area (Å²) in [6, 6.07) is 15.1. The first-order valence-corrected chi connectivity index (χ1v) is 9.90. The fourth-order valence-corrected chi connectivity index (χ4v) is 3.77. The molecule has 0 heterocycles. The highest BCUT2D eigenvalue weighted by Crippen LogP contribution is 2.26. The second-order valence-electron chi connectivity index (χ2n) is 7.99. The third kappa shape index (κ3) is 4.60. The van der Waals surface area contributed by atoms with Crippen LogP contribution in [0.2, 0.25) is 0 Å². The number of hydrogen-bond acceptors (Lipinski definition) is 2. The van der Waals surface area contributed by atoms with E-state index in [0.29, 0.717) is 24.0 Å². The van der Waals surface area contributed by atoms with Gasteiger partial charge in [-0.1, -0.05) is 47.5 Å². The van der Waals surface area contributed by atoms with Gasteiger partial charge >= 0.3 is 11.9 Å². The highest BCUT2D eigenvalue weighted by atomic mass is 16.4. The second-order valence-corrected chi connectivity index (χ2v) is 7.99. The Kier molecular flexibility index (Phi) is 6.06. The summed E-state index contributed by atoms with van der Waals surface area (Å²) >= 11 is 0. The molecule has 0 aliphatic heterocycles. The van der Waals surface area contributed by atoms with Crippen LogP contribution in [0.25, 0.3) is 0 Å². The van der Waals surface area contributed by atoms with Gasteiger partial charge in [-0.15, -0.1) is 0 Å². The summed E-state index contributed by atoms with van der Waals surface area (Å²) in [5, 5.41) is 19.7. The molecule has 3 aromatic rings. The number of aryl methyl sites for hydroxylation is 4. The maximum atomic E-state index is 12.0. The van der Waals surface area contributed by atoms with Crippen molar-refractivity contribution >= 4 is 11.9 Å². The van der Waals surface area contributed by atoms with Gasteiger partial charge in [0.05, 0.1) is 11.1 Å². The topological polar surface area (TPSA) is 74.6 Å². The predicted molar refractivity (Wildman–Crippen MR) is 118 cm³/mol. The molecule has 30 heavy (non-hydrogen) atoms. The lowest BCUT2D eigenvalue weighted by molar-refractivity contribution is 0.0679. The van der Waals surface area contributed by atoms with E-state index in [0.717, 1.165) is 33.4 Å². The van der Waals surface area contributed by atoms with E-state index in [4.69, 9.17) is 0 Å². The molecule has 4 heteroatoms. The molecule has 2 N–H and O–H groups in total. The van der Waals surface area contributed by atoms with E-state index in [9.17, 15) is 19.8 Å². The number of carboxylic acids is 2. The molecule has 3 rings (SSSR count). The molecule has 154 valence electrons. The zero-order valence-corrected chi connectivity index (χ0v) is 17.7. The van der Waals surface area contributed by atoms with Crippen LogP contribution in [0.4, 0.5) is 0 Å². The van der Waals surface area contributed by atoms with Crippen molar-refractivity contribution in [3.8, 4) is 0 Å². The lowest BCUT2D eigenvalue weighted by Gasteiger charge is -2.15. The van der Waals surface area contributed by atoms with Gasteiger partial charge < -0.3 is 10.2 Å². The lowest BCUT2D eigenvalue weighted by Crippen LogP contribution is -2.11. The van der Waals surface area contributed by atoms with Gasteiger partial charge in [-0.05, 0) is 86.1 Å². The number of rotatable bonds is 6. The van der Waals surface area contributed by atoms with Gasteiger partial charge in [-0.25, -0.2) is 9.59 Å². The Labute approximate surface area is 176 Å². The molecule has 0 aromatic heterocycles. The van der Waals surface area contributed by atoms with Gasteiger partial charge in [-0.3, -0.25) is 0 Å². The summed E-state index contributed by atoms with van der Waals surface area (Å²) in [7, 11) is 0. The zero-order chi connectivity index (χ0) is 22.0. The Balaban J connectivity index is 2.12. The van der Waals surface area contributed by atoms with E-state index in [1.54, 1.807) is 0 Å². The summed E-state index contributed by atoms with van der Waals surface area (Å²) in [5.41, 5.74) is 7.59. The second kappa shape index (κ2) is 8.54. The zero-order valence-electron chi connectivity index (χ0n) is 17.7. The van der Waals surface area contributed by atoms with Gasteiger partial charge in [0, 0.05) is 0 Å². The highest BCUT2D eigenvalue weighted by Gasteiger charge is 2.20. The molecular weight excluding hydrogens is 376 g/mol. The first kappa shape index (κ1) is 21.3. The number of hydrogen-bond donors (Lipinski definition) is 2. The van der Waals surface area contributed by atoms with E-state index < -0.39 is 11.9 Å². The van der Waals surface area contributed by atoms with Crippen LogP contribution in [0.15, 0.2) is 48.5 Å². The monoisotopic (exact) mass is 402 g/mol. The number of benzene rings is 3. The van der Waals surface area contributed by atoms with Gasteiger partial charge in [0.15, 0.2) is 0 Å². The average molecular weight is 402 g/mol. The maximum absolute atomic E-state index is 12.0. The fourth-order valence-electron chi connectivity index (χ4n) is 3.77. The Morgan fingerprint density at radius 1 is 0.600 bits per heavy atom. The number of aromatic carboxylic acids is 2. The van der Waals surface area contributed by atoms with Crippen LogP contribution in [-0.2, 0) is 12.8 Å². The van der Waals surface area contributed by atoms with Crippen molar-refractivity contribution in [2.24, 2.45) is 0 Å². The minimum atomic E-state index is -1.05. The van der Waals surface area contributed by atoms with Crippen LogP contribution in [0, 0.1) is 27.7 Å². The molecule has 0 aliphatic rings. The van der Waals surface area contributed by atoms with E-state index in [-0.39, 0.29) is 11.1 Å². The van der Waals surface area contributed by atoms with Crippen molar-refractivity contribution in [3.63, 3.8) is 0 Å². The summed E-state index contributed by atoms with van der Waals surface area (Å²) < 4.78 is 0. The summed E-state index contributed by atoms with van der Waals surface area (Å²) in [5.74, 6) is -2.09. The largest absolute Gasteiger partial charge is 0.478 e. The average Bonchev–Trinajstić information content (AvgIpc) is 2.68. The first-order chi connectivity index (χ1) is 14.2. The van der Waals surface area contributed by atoms with Gasteiger partial charge in [0.1, 0.15) is 0 Å². The molecule has 0 radical (unpaired) electrons. The smallest absolute Gasteiger partial charge is 0.335 e. The van der Waals surface area contributed by atoms with Crippen molar-refractivity contribution in [3.05, 3.63) is 104 Å². The molecular formula is C26H26O4. The summed E-state index contributed by atoms with van der Waals surface area (Å²) in [4.78, 5) is 24.0. The van der Waals surface area contributed by atoms with Gasteiger partial charge in [0.2, 0.25) is 0 Å². The van der Waals surface area contributed by atoms with Crippen molar-refractivity contribution < 1.29 is 19.8 Å². The van der Waals surface area contributed by atoms with Crippen molar-refractivity contribution in [1.29, 1.82) is 0 Å². The lowest BCUT2D eigenvalue weighted by atomic mass is 9.89. The molecule has 0 saturated carbocycles. The van der Waals surface area contributed by atoms with E-state index in [1.807, 2.05) is 64.1 Å². The molecule has 0 spiro atoms. The highest BCUT2D eigenvalue weighted by molar-refractivity contribution is 5.95. The molecule has 0 saturated heterocycles. The van der Waals surface area contributed by atoms with Crippen LogP contribution in [0.5, 0.6) is 0 Å². The molecule has 4 nitrogen and oxygen atoms in total. The van der Waals surface area contributed by atoms with Crippen LogP contribution >= 0.6 is 0 Å². The summed E-state index contributed by atoms with van der Waals surface area (Å²) in [6.07, 6.45) is 0.748. The third-order valence-electron chi connectivity index (χ3n) is 5.56. The molecule has 0 atom stereocenters. The third-order valence-corrected chi connectivity index (χ3v) is 5.56. The number of carbonyl (C=O) groups is 2. The van der Waals surface area contributed by atoms with E-state index in [2.05, 4.69) is 0 Å². The summed E-state index contributed by atoms with van der Waals surface area (Å²) in [6.45, 7) is 7.92. The first-order valence-electron chi connectivity index (χ1n) is 9.90. The minimum absolute atomic E-state index is 0.154. The normalized spacial score (nSPS) is 10.8. The fraction of sp³-hybridized carbons (Fsp3) is 0.231. The molecule has 0 fully saturated rings. The molecule has 0 aliphatic carbocycles. The Morgan fingerprint density at radius 3 is 1.30 bits per heavy atom. The van der Waals surface area contributed by atoms with E-state index in [1.165, 1.54) is 12.1 Å². The van der Waals surface area contributed by atoms with Gasteiger partial charge in [0.25, 0.3) is 0 Å². The van der Waals surface area contributed by atoms with Crippen molar-refractivity contribution in [1.82, 2.24) is 0 Å². The molecule has 0 amide bonds. The SMILES string of the molecule is Cc1ccc(C)c(Cc2cc(C(=O)O)c(Cc3cc(C)ccc3C)cc2C(=O)O)c1. The standard InChI is InChI=1S/C26H26O4/c1-15-5-7-17(3)19(9-15)11-21-13-24(26(29)30)22(14-23(21)25(27)28)12-20-10-16(2)6-8-18(20)4/h5-10,13-14H,11-12H2,1-4H3,(H,27,28)(H,29,30). The number of carboxylic acid groups (broad SMARTS) is 2. The Hall–Kier alpha value is -3.40. The Morgan fingerprint density at radius 2 is 0.967 bits per heavy atom. The maximum Gasteiger partial charge on any atom is 0.335 e. The van der Waals surface area contributed by atoms with E-state index >= 15 is 0 Å². The van der Waals surface area contributed by atoms with Crippen LogP contribution in [0.3, 0.4) is 0 Å². The molecule has 0 unspecified atom stereocenters. The minimum Gasteiger partial charge on any atom is -0.478 e.